The number of nitrogens with zero attached hydrogens (tertiary/aromatic N) is 3. The van der Waals surface area contributed by atoms with Gasteiger partial charge < -0.3 is 4.57 Å². The molecular weight excluding hydrogens is 658 g/mol. The summed E-state index contributed by atoms with van der Waals surface area (Å²) >= 11 is 1.50. The van der Waals surface area contributed by atoms with Gasteiger partial charge in [-0.15, -0.1) is 11.3 Å². The van der Waals surface area contributed by atoms with Gasteiger partial charge in [0.25, 0.3) is 0 Å². The number of hydrogen-bond donors (Lipinski definition) is 0. The molecule has 7 aromatic carbocycles. The Balaban J connectivity index is 1.07. The number of benzene rings is 7. The summed E-state index contributed by atoms with van der Waals surface area (Å²) in [4.78, 5) is 5.27. The second-order valence-electron chi connectivity index (χ2n) is 13.3. The van der Waals surface area contributed by atoms with Crippen LogP contribution >= 0.6 is 11.3 Å². The number of fused-ring (bicyclic) bond motifs is 9. The van der Waals surface area contributed by atoms with Crippen molar-refractivity contribution in [3.63, 3.8) is 0 Å². The molecule has 0 atom stereocenters. The molecular formula is C47H28FN3S. The lowest BCUT2D eigenvalue weighted by molar-refractivity contribution is 0.642. The standard InChI is InChI=1S/C47H28FN3S/c48-39-18-9-16-35-34-15-8-17-36(46(34)52-47(35)39)40-19-10-22-45(49-40)51-42-21-7-5-14-33(42)38-28-30(24-26-44(38)51)29-23-25-43-37(27-29)32-13-4-6-20-41(32)50(43)31-11-2-1-3-12-31/h1-28H. The number of aromatic nitrogens is 3. The molecule has 0 aliphatic rings. The minimum atomic E-state index is -0.185. The third-order valence-corrected chi connectivity index (χ3v) is 11.7. The molecule has 0 aliphatic carbocycles. The summed E-state index contributed by atoms with van der Waals surface area (Å²) in [6, 6.07) is 59.1. The summed E-state index contributed by atoms with van der Waals surface area (Å²) in [7, 11) is 0. The maximum absolute atomic E-state index is 14.8. The second kappa shape index (κ2) is 11.2. The van der Waals surface area contributed by atoms with E-state index in [4.69, 9.17) is 4.98 Å². The Kier molecular flexibility index (Phi) is 6.30. The fraction of sp³-hybridized carbons (Fsp3) is 0. The molecule has 244 valence electrons. The van der Waals surface area contributed by atoms with Crippen molar-refractivity contribution in [2.24, 2.45) is 0 Å². The van der Waals surface area contributed by atoms with Gasteiger partial charge in [0, 0.05) is 48.3 Å². The number of para-hydroxylation sites is 3. The van der Waals surface area contributed by atoms with E-state index < -0.39 is 0 Å². The zero-order valence-corrected chi connectivity index (χ0v) is 28.6. The van der Waals surface area contributed by atoms with Crippen molar-refractivity contribution in [2.75, 3.05) is 0 Å². The Hall–Kier alpha value is -6.56. The highest BCUT2D eigenvalue weighted by Gasteiger charge is 2.18. The lowest BCUT2D eigenvalue weighted by Gasteiger charge is -2.10. The predicted octanol–water partition coefficient (Wildman–Crippen LogP) is 13.1. The van der Waals surface area contributed by atoms with Crippen molar-refractivity contribution in [1.82, 2.24) is 14.1 Å². The van der Waals surface area contributed by atoms with Crippen molar-refractivity contribution >= 4 is 75.1 Å². The third kappa shape index (κ3) is 4.27. The minimum absolute atomic E-state index is 0.185. The first-order valence-electron chi connectivity index (χ1n) is 17.4. The highest BCUT2D eigenvalue weighted by Crippen LogP contribution is 2.42. The molecule has 0 spiro atoms. The van der Waals surface area contributed by atoms with Crippen LogP contribution in [0.25, 0.3) is 97.7 Å². The average Bonchev–Trinajstić information content (AvgIpc) is 3.86. The Morgan fingerprint density at radius 2 is 0.981 bits per heavy atom. The Morgan fingerprint density at radius 1 is 0.423 bits per heavy atom. The highest BCUT2D eigenvalue weighted by atomic mass is 32.1. The van der Waals surface area contributed by atoms with Crippen LogP contribution in [0.4, 0.5) is 4.39 Å². The molecule has 4 aromatic heterocycles. The number of hydrogen-bond acceptors (Lipinski definition) is 2. The first-order chi connectivity index (χ1) is 25.7. The van der Waals surface area contributed by atoms with Crippen LogP contribution in [0.1, 0.15) is 0 Å². The molecule has 0 saturated heterocycles. The topological polar surface area (TPSA) is 22.8 Å². The van der Waals surface area contributed by atoms with Gasteiger partial charge in [0.2, 0.25) is 0 Å². The van der Waals surface area contributed by atoms with E-state index in [0.717, 1.165) is 49.3 Å². The Morgan fingerprint density at radius 3 is 1.71 bits per heavy atom. The van der Waals surface area contributed by atoms with Gasteiger partial charge in [-0.2, -0.15) is 0 Å². The largest absolute Gasteiger partial charge is 0.309 e. The van der Waals surface area contributed by atoms with Gasteiger partial charge in [-0.05, 0) is 77.9 Å². The molecule has 0 fully saturated rings. The van der Waals surface area contributed by atoms with E-state index in [1.165, 1.54) is 61.1 Å². The monoisotopic (exact) mass is 685 g/mol. The molecule has 52 heavy (non-hydrogen) atoms. The van der Waals surface area contributed by atoms with Crippen molar-refractivity contribution in [2.45, 2.75) is 0 Å². The van der Waals surface area contributed by atoms with Crippen LogP contribution in [0, 0.1) is 5.82 Å². The normalized spacial score (nSPS) is 11.9. The SMILES string of the molecule is Fc1cccc2c1sc1c(-c3cccc(-n4c5ccccc5c5cc(-c6ccc7c(c6)c6ccccc6n7-c6ccccc6)ccc54)n3)cccc12. The summed E-state index contributed by atoms with van der Waals surface area (Å²) in [6.45, 7) is 0. The third-order valence-electron chi connectivity index (χ3n) is 10.4. The van der Waals surface area contributed by atoms with Gasteiger partial charge in [0.05, 0.1) is 32.5 Å². The summed E-state index contributed by atoms with van der Waals surface area (Å²) < 4.78 is 21.2. The van der Waals surface area contributed by atoms with Crippen LogP contribution in [0.3, 0.4) is 0 Å². The molecule has 0 aliphatic heterocycles. The minimum Gasteiger partial charge on any atom is -0.309 e. The number of rotatable bonds is 4. The van der Waals surface area contributed by atoms with Crippen LogP contribution in [0.5, 0.6) is 0 Å². The first kappa shape index (κ1) is 29.2. The first-order valence-corrected chi connectivity index (χ1v) is 18.2. The zero-order chi connectivity index (χ0) is 34.3. The molecule has 5 heteroatoms. The highest BCUT2D eigenvalue weighted by molar-refractivity contribution is 7.26. The zero-order valence-electron chi connectivity index (χ0n) is 27.8. The summed E-state index contributed by atoms with van der Waals surface area (Å²) in [5, 5.41) is 6.82. The summed E-state index contributed by atoms with van der Waals surface area (Å²) in [5.74, 6) is 0.658. The smallest absolute Gasteiger partial charge is 0.141 e. The molecule has 0 unspecified atom stereocenters. The van der Waals surface area contributed by atoms with Crippen molar-refractivity contribution < 1.29 is 4.39 Å². The Labute approximate surface area is 302 Å². The van der Waals surface area contributed by atoms with Crippen LogP contribution in [-0.2, 0) is 0 Å². The van der Waals surface area contributed by atoms with Gasteiger partial charge in [-0.3, -0.25) is 4.57 Å². The maximum Gasteiger partial charge on any atom is 0.141 e. The quantitative estimate of drug-likeness (QED) is 0.181. The maximum atomic E-state index is 14.8. The van der Waals surface area contributed by atoms with E-state index in [-0.39, 0.29) is 5.82 Å². The number of halogens is 1. The fourth-order valence-electron chi connectivity index (χ4n) is 8.09. The molecule has 0 N–H and O–H groups in total. The van der Waals surface area contributed by atoms with E-state index in [2.05, 4.69) is 155 Å². The molecule has 11 rings (SSSR count). The predicted molar refractivity (Wildman–Crippen MR) is 217 cm³/mol. The van der Waals surface area contributed by atoms with Gasteiger partial charge in [-0.25, -0.2) is 9.37 Å². The summed E-state index contributed by atoms with van der Waals surface area (Å²) in [6.07, 6.45) is 0. The number of pyridine rings is 1. The van der Waals surface area contributed by atoms with Crippen LogP contribution in [-0.4, -0.2) is 14.1 Å². The van der Waals surface area contributed by atoms with E-state index in [1.807, 2.05) is 12.1 Å². The fourth-order valence-corrected chi connectivity index (χ4v) is 9.32. The molecule has 0 saturated carbocycles. The molecule has 11 aromatic rings. The molecule has 4 heterocycles. The van der Waals surface area contributed by atoms with E-state index in [0.29, 0.717) is 4.70 Å². The van der Waals surface area contributed by atoms with E-state index in [9.17, 15) is 4.39 Å². The van der Waals surface area contributed by atoms with Crippen molar-refractivity contribution in [3.05, 3.63) is 176 Å². The van der Waals surface area contributed by atoms with E-state index in [1.54, 1.807) is 6.07 Å². The van der Waals surface area contributed by atoms with E-state index >= 15 is 0 Å². The van der Waals surface area contributed by atoms with Gasteiger partial charge in [0.1, 0.15) is 11.6 Å². The summed E-state index contributed by atoms with van der Waals surface area (Å²) in [5.41, 5.74) is 9.95. The second-order valence-corrected chi connectivity index (χ2v) is 14.3. The van der Waals surface area contributed by atoms with Crippen LogP contribution in [0.2, 0.25) is 0 Å². The number of thiophene rings is 1. The molecule has 0 radical (unpaired) electrons. The molecule has 3 nitrogen and oxygen atoms in total. The lowest BCUT2D eigenvalue weighted by atomic mass is 10.0. The van der Waals surface area contributed by atoms with Crippen LogP contribution < -0.4 is 0 Å². The molecule has 0 amide bonds. The van der Waals surface area contributed by atoms with Gasteiger partial charge in [-0.1, -0.05) is 103 Å². The lowest BCUT2D eigenvalue weighted by Crippen LogP contribution is -1.98. The van der Waals surface area contributed by atoms with Gasteiger partial charge >= 0.3 is 0 Å². The van der Waals surface area contributed by atoms with Crippen LogP contribution in [0.15, 0.2) is 170 Å². The van der Waals surface area contributed by atoms with Gasteiger partial charge in [0.15, 0.2) is 0 Å². The molecule has 0 bridgehead atoms. The average molecular weight is 686 g/mol. The Bertz CT molecular complexity index is 3200. The van der Waals surface area contributed by atoms with Crippen molar-refractivity contribution in [3.8, 4) is 33.9 Å². The van der Waals surface area contributed by atoms with Crippen molar-refractivity contribution in [1.29, 1.82) is 0 Å².